The van der Waals surface area contributed by atoms with Crippen LogP contribution in [0.3, 0.4) is 0 Å². The molecule has 2 rings (SSSR count). The molecule has 0 aromatic heterocycles. The van der Waals surface area contributed by atoms with Gasteiger partial charge in [0.1, 0.15) is 0 Å². The Morgan fingerprint density at radius 3 is 2.50 bits per heavy atom. The van der Waals surface area contributed by atoms with Gasteiger partial charge in [-0.25, -0.2) is 0 Å². The van der Waals surface area contributed by atoms with Crippen molar-refractivity contribution in [1.29, 1.82) is 0 Å². The van der Waals surface area contributed by atoms with Crippen molar-refractivity contribution in [2.75, 3.05) is 19.8 Å². The fraction of sp³-hybridized carbons (Fsp3) is 0.600. The summed E-state index contributed by atoms with van der Waals surface area (Å²) in [7, 11) is 0. The topological polar surface area (TPSA) is 52.5 Å². The molecule has 3 N–H and O–H groups in total. The second-order valence-corrected chi connectivity index (χ2v) is 5.08. The van der Waals surface area contributed by atoms with E-state index in [1.165, 1.54) is 42.4 Å². The van der Waals surface area contributed by atoms with Crippen LogP contribution in [0.2, 0.25) is 0 Å². The summed E-state index contributed by atoms with van der Waals surface area (Å²) in [6, 6.07) is 6.60. The van der Waals surface area contributed by atoms with Crippen molar-refractivity contribution in [2.24, 2.45) is 0 Å². The number of hydrogen-bond donors (Lipinski definition) is 3. The molecule has 0 saturated carbocycles. The molecular formula is C15H23NO2. The zero-order chi connectivity index (χ0) is 12.8. The van der Waals surface area contributed by atoms with Gasteiger partial charge in [0.2, 0.25) is 0 Å². The molecule has 18 heavy (non-hydrogen) atoms. The van der Waals surface area contributed by atoms with E-state index in [0.717, 1.165) is 13.0 Å². The van der Waals surface area contributed by atoms with Gasteiger partial charge in [0.25, 0.3) is 0 Å². The molecule has 0 atom stereocenters. The molecule has 0 unspecified atom stereocenters. The Labute approximate surface area is 109 Å². The second-order valence-electron chi connectivity index (χ2n) is 5.08. The molecule has 0 fully saturated rings. The lowest BCUT2D eigenvalue weighted by Gasteiger charge is -2.17. The lowest BCUT2D eigenvalue weighted by molar-refractivity contribution is 0.171. The first-order valence-electron chi connectivity index (χ1n) is 6.89. The van der Waals surface area contributed by atoms with Gasteiger partial charge in [0.15, 0.2) is 0 Å². The molecule has 1 aliphatic carbocycles. The van der Waals surface area contributed by atoms with E-state index in [0.29, 0.717) is 0 Å². The quantitative estimate of drug-likeness (QED) is 0.706. The average molecular weight is 249 g/mol. The first-order chi connectivity index (χ1) is 8.83. The third-order valence-corrected chi connectivity index (χ3v) is 3.70. The zero-order valence-corrected chi connectivity index (χ0v) is 10.9. The maximum absolute atomic E-state index is 8.96. The highest BCUT2D eigenvalue weighted by Crippen LogP contribution is 2.22. The number of rotatable bonds is 6. The van der Waals surface area contributed by atoms with Gasteiger partial charge in [-0.3, -0.25) is 0 Å². The number of hydrogen-bond acceptors (Lipinski definition) is 3. The number of nitrogens with one attached hydrogen (secondary N) is 1. The van der Waals surface area contributed by atoms with Crippen molar-refractivity contribution >= 4 is 0 Å². The van der Waals surface area contributed by atoms with E-state index in [1.807, 2.05) is 0 Å². The van der Waals surface area contributed by atoms with Gasteiger partial charge >= 0.3 is 0 Å². The Kier molecular flexibility index (Phi) is 5.17. The summed E-state index contributed by atoms with van der Waals surface area (Å²) < 4.78 is 0. The van der Waals surface area contributed by atoms with Gasteiger partial charge in [-0.1, -0.05) is 18.2 Å². The lowest BCUT2D eigenvalue weighted by atomic mass is 9.90. The Balaban J connectivity index is 1.86. The van der Waals surface area contributed by atoms with E-state index in [1.54, 1.807) is 0 Å². The molecule has 1 aliphatic rings. The normalized spacial score (nSPS) is 14.8. The number of aliphatic hydroxyl groups is 2. The first-order valence-corrected chi connectivity index (χ1v) is 6.89. The molecule has 3 heteroatoms. The number of aryl methyl sites for hydroxylation is 2. The van der Waals surface area contributed by atoms with Crippen molar-refractivity contribution in [3.8, 4) is 0 Å². The minimum Gasteiger partial charge on any atom is -0.395 e. The fourth-order valence-corrected chi connectivity index (χ4v) is 2.55. The van der Waals surface area contributed by atoms with E-state index in [2.05, 4.69) is 23.5 Å². The molecule has 0 bridgehead atoms. The number of fused-ring (bicyclic) bond motifs is 1. The van der Waals surface area contributed by atoms with Crippen LogP contribution in [0.5, 0.6) is 0 Å². The average Bonchev–Trinajstić information content (AvgIpc) is 2.43. The van der Waals surface area contributed by atoms with Crippen LogP contribution in [0.15, 0.2) is 18.2 Å². The molecule has 1 aromatic rings. The molecule has 0 amide bonds. The second kappa shape index (κ2) is 6.88. The van der Waals surface area contributed by atoms with Crippen LogP contribution in [0.1, 0.15) is 29.5 Å². The highest BCUT2D eigenvalue weighted by atomic mass is 16.3. The third-order valence-electron chi connectivity index (χ3n) is 3.70. The monoisotopic (exact) mass is 249 g/mol. The molecule has 0 aliphatic heterocycles. The Morgan fingerprint density at radius 1 is 1.06 bits per heavy atom. The van der Waals surface area contributed by atoms with Crippen LogP contribution in [0, 0.1) is 0 Å². The summed E-state index contributed by atoms with van der Waals surface area (Å²) in [5.41, 5.74) is 4.37. The van der Waals surface area contributed by atoms with Crippen LogP contribution in [-0.4, -0.2) is 36.0 Å². The van der Waals surface area contributed by atoms with E-state index >= 15 is 0 Å². The van der Waals surface area contributed by atoms with Crippen LogP contribution >= 0.6 is 0 Å². The molecule has 1 aromatic carbocycles. The summed E-state index contributed by atoms with van der Waals surface area (Å²) in [4.78, 5) is 0. The molecule has 0 heterocycles. The summed E-state index contributed by atoms with van der Waals surface area (Å²) in [6.45, 7) is 0.770. The van der Waals surface area contributed by atoms with Crippen molar-refractivity contribution in [1.82, 2.24) is 5.32 Å². The summed E-state index contributed by atoms with van der Waals surface area (Å²) in [5, 5.41) is 21.1. The fourth-order valence-electron chi connectivity index (χ4n) is 2.55. The van der Waals surface area contributed by atoms with Crippen LogP contribution in [-0.2, 0) is 19.3 Å². The van der Waals surface area contributed by atoms with Crippen molar-refractivity contribution in [3.63, 3.8) is 0 Å². The molecular weight excluding hydrogens is 226 g/mol. The minimum absolute atomic E-state index is 0.0132. The molecule has 3 nitrogen and oxygen atoms in total. The molecule has 100 valence electrons. The van der Waals surface area contributed by atoms with Gasteiger partial charge in [0.05, 0.1) is 19.3 Å². The highest BCUT2D eigenvalue weighted by Gasteiger charge is 2.09. The molecule has 0 spiro atoms. The van der Waals surface area contributed by atoms with Gasteiger partial charge in [0, 0.05) is 0 Å². The standard InChI is InChI=1S/C15H23NO2/c17-10-15(11-18)16-8-7-12-5-6-13-3-1-2-4-14(13)9-12/h5-6,9,15-18H,1-4,7-8,10-11H2. The summed E-state index contributed by atoms with van der Waals surface area (Å²) in [6.07, 6.45) is 6.02. The molecule has 0 radical (unpaired) electrons. The van der Waals surface area contributed by atoms with Crippen molar-refractivity contribution in [2.45, 2.75) is 38.1 Å². The smallest absolute Gasteiger partial charge is 0.0607 e. The van der Waals surface area contributed by atoms with Crippen molar-refractivity contribution < 1.29 is 10.2 Å². The van der Waals surface area contributed by atoms with Gasteiger partial charge in [-0.2, -0.15) is 0 Å². The predicted molar refractivity (Wildman–Crippen MR) is 72.8 cm³/mol. The summed E-state index contributed by atoms with van der Waals surface area (Å²) in [5.74, 6) is 0. The van der Waals surface area contributed by atoms with Gasteiger partial charge in [-0.15, -0.1) is 0 Å². The van der Waals surface area contributed by atoms with E-state index in [9.17, 15) is 0 Å². The predicted octanol–water partition coefficient (Wildman–Crippen LogP) is 1.05. The van der Waals surface area contributed by atoms with Gasteiger partial charge < -0.3 is 15.5 Å². The Bertz CT molecular complexity index is 375. The third kappa shape index (κ3) is 3.55. The van der Waals surface area contributed by atoms with E-state index in [4.69, 9.17) is 10.2 Å². The Hall–Kier alpha value is -0.900. The lowest BCUT2D eigenvalue weighted by Crippen LogP contribution is -2.36. The number of aliphatic hydroxyl groups excluding tert-OH is 2. The van der Waals surface area contributed by atoms with Crippen LogP contribution in [0.25, 0.3) is 0 Å². The minimum atomic E-state index is -0.192. The van der Waals surface area contributed by atoms with E-state index in [-0.39, 0.29) is 19.3 Å². The largest absolute Gasteiger partial charge is 0.395 e. The first kappa shape index (κ1) is 13.5. The maximum atomic E-state index is 8.96. The SMILES string of the molecule is OCC(CO)NCCc1ccc2c(c1)CCCC2. The maximum Gasteiger partial charge on any atom is 0.0607 e. The van der Waals surface area contributed by atoms with Crippen LogP contribution < -0.4 is 5.32 Å². The zero-order valence-electron chi connectivity index (χ0n) is 10.9. The summed E-state index contributed by atoms with van der Waals surface area (Å²) >= 11 is 0. The van der Waals surface area contributed by atoms with Crippen molar-refractivity contribution in [3.05, 3.63) is 34.9 Å². The highest BCUT2D eigenvalue weighted by molar-refractivity contribution is 5.33. The molecule has 0 saturated heterocycles. The Morgan fingerprint density at radius 2 is 1.78 bits per heavy atom. The van der Waals surface area contributed by atoms with E-state index < -0.39 is 0 Å². The number of benzene rings is 1. The van der Waals surface area contributed by atoms with Gasteiger partial charge in [-0.05, 0) is 55.3 Å². The van der Waals surface area contributed by atoms with Crippen LogP contribution in [0.4, 0.5) is 0 Å².